The highest BCUT2D eigenvalue weighted by atomic mass is 35.5. The molecule has 1 saturated carbocycles. The van der Waals surface area contributed by atoms with Gasteiger partial charge in [-0.25, -0.2) is 8.78 Å². The lowest BCUT2D eigenvalue weighted by atomic mass is 9.90. The van der Waals surface area contributed by atoms with Crippen molar-refractivity contribution in [3.63, 3.8) is 0 Å². The first-order chi connectivity index (χ1) is 17.2. The molecule has 3 N–H and O–H groups in total. The Morgan fingerprint density at radius 1 is 0.917 bits per heavy atom. The van der Waals surface area contributed by atoms with Crippen LogP contribution < -0.4 is 11.1 Å². The first-order valence-corrected chi connectivity index (χ1v) is 12.3. The number of amides is 2. The first kappa shape index (κ1) is 26.1. The van der Waals surface area contributed by atoms with Crippen molar-refractivity contribution < 1.29 is 18.4 Å². The summed E-state index contributed by atoms with van der Waals surface area (Å²) in [7, 11) is 0. The number of nitrogens with zero attached hydrogens (tertiary/aromatic N) is 1. The van der Waals surface area contributed by atoms with Crippen LogP contribution in [-0.2, 0) is 6.54 Å². The molecule has 0 bridgehead atoms. The van der Waals surface area contributed by atoms with Crippen molar-refractivity contribution in [1.29, 1.82) is 0 Å². The molecule has 188 valence electrons. The molecule has 5 nitrogen and oxygen atoms in total. The third-order valence-electron chi connectivity index (χ3n) is 6.28. The maximum atomic E-state index is 13.9. The summed E-state index contributed by atoms with van der Waals surface area (Å²) >= 11 is 12.5. The smallest absolute Gasteiger partial charge is 0.255 e. The zero-order valence-corrected chi connectivity index (χ0v) is 20.8. The molecule has 2 amide bonds. The number of nitrogens with two attached hydrogens (primary N) is 1. The van der Waals surface area contributed by atoms with E-state index < -0.39 is 17.5 Å². The van der Waals surface area contributed by atoms with Gasteiger partial charge in [-0.05, 0) is 79.8 Å². The number of carbonyl (C=O) groups excluding carboxylic acids is 2. The number of rotatable bonds is 6. The van der Waals surface area contributed by atoms with Gasteiger partial charge in [-0.3, -0.25) is 9.59 Å². The molecule has 3 aromatic carbocycles. The van der Waals surface area contributed by atoms with E-state index in [0.29, 0.717) is 39.7 Å². The molecule has 0 radical (unpaired) electrons. The monoisotopic (exact) mass is 531 g/mol. The number of hydrogen-bond acceptors (Lipinski definition) is 3. The molecule has 3 aromatic rings. The fourth-order valence-electron chi connectivity index (χ4n) is 4.41. The van der Waals surface area contributed by atoms with Crippen molar-refractivity contribution in [2.24, 2.45) is 5.73 Å². The van der Waals surface area contributed by atoms with Gasteiger partial charge >= 0.3 is 0 Å². The first-order valence-electron chi connectivity index (χ1n) is 11.6. The Kier molecular flexibility index (Phi) is 8.24. The van der Waals surface area contributed by atoms with Crippen molar-refractivity contribution in [3.05, 3.63) is 99.0 Å². The maximum absolute atomic E-state index is 13.9. The summed E-state index contributed by atoms with van der Waals surface area (Å²) in [6.45, 7) is 0.0938. The second-order valence-electron chi connectivity index (χ2n) is 8.93. The van der Waals surface area contributed by atoms with Gasteiger partial charge < -0.3 is 16.0 Å². The maximum Gasteiger partial charge on any atom is 0.255 e. The quantitative estimate of drug-likeness (QED) is 0.384. The number of nitrogens with one attached hydrogen (secondary N) is 1. The Morgan fingerprint density at radius 3 is 2.28 bits per heavy atom. The average molecular weight is 532 g/mol. The zero-order valence-electron chi connectivity index (χ0n) is 19.3. The Labute approximate surface area is 218 Å². The van der Waals surface area contributed by atoms with Crippen molar-refractivity contribution >= 4 is 40.7 Å². The van der Waals surface area contributed by atoms with E-state index in [4.69, 9.17) is 28.9 Å². The lowest BCUT2D eigenvalue weighted by Crippen LogP contribution is -2.44. The molecule has 0 spiro atoms. The normalized spacial score (nSPS) is 17.5. The van der Waals surface area contributed by atoms with E-state index in [2.05, 4.69) is 5.32 Å². The second kappa shape index (κ2) is 11.4. The molecule has 0 saturated heterocycles. The third kappa shape index (κ3) is 6.40. The SMILES string of the molecule is NC1CCC(N(Cc2cc(NC(=O)c3cccc(Cl)c3)ccc2Cl)C(=O)c2cc(F)cc(F)c2)CC1. The van der Waals surface area contributed by atoms with Gasteiger partial charge in [-0.2, -0.15) is 0 Å². The van der Waals surface area contributed by atoms with Gasteiger partial charge in [0, 0.05) is 51.6 Å². The number of hydrogen-bond donors (Lipinski definition) is 2. The molecule has 1 fully saturated rings. The van der Waals surface area contributed by atoms with Crippen LogP contribution in [0.1, 0.15) is 52.0 Å². The third-order valence-corrected chi connectivity index (χ3v) is 6.89. The van der Waals surface area contributed by atoms with Crippen LogP contribution in [0.25, 0.3) is 0 Å². The number of anilines is 1. The number of benzene rings is 3. The van der Waals surface area contributed by atoms with E-state index >= 15 is 0 Å². The van der Waals surface area contributed by atoms with Crippen LogP contribution in [0, 0.1) is 11.6 Å². The summed E-state index contributed by atoms with van der Waals surface area (Å²) in [6, 6.07) is 14.2. The van der Waals surface area contributed by atoms with E-state index in [0.717, 1.165) is 31.0 Å². The molecule has 36 heavy (non-hydrogen) atoms. The molecule has 0 aliphatic heterocycles. The lowest BCUT2D eigenvalue weighted by Gasteiger charge is -2.36. The van der Waals surface area contributed by atoms with E-state index in [-0.39, 0.29) is 30.1 Å². The Bertz CT molecular complexity index is 1260. The minimum atomic E-state index is -0.826. The van der Waals surface area contributed by atoms with Crippen LogP contribution in [0.5, 0.6) is 0 Å². The number of carbonyl (C=O) groups is 2. The summed E-state index contributed by atoms with van der Waals surface area (Å²) in [6.07, 6.45) is 2.78. The van der Waals surface area contributed by atoms with Crippen LogP contribution >= 0.6 is 23.2 Å². The summed E-state index contributed by atoms with van der Waals surface area (Å²) in [5, 5.41) is 3.65. The Balaban J connectivity index is 1.61. The van der Waals surface area contributed by atoms with Crippen LogP contribution in [0.2, 0.25) is 10.0 Å². The van der Waals surface area contributed by atoms with Gasteiger partial charge in [-0.15, -0.1) is 0 Å². The summed E-state index contributed by atoms with van der Waals surface area (Å²) in [4.78, 5) is 27.7. The van der Waals surface area contributed by atoms with Crippen molar-refractivity contribution in [3.8, 4) is 0 Å². The fraction of sp³-hybridized carbons (Fsp3) is 0.259. The molecule has 0 aromatic heterocycles. The minimum absolute atomic E-state index is 0.0541. The molecule has 0 unspecified atom stereocenters. The molecule has 9 heteroatoms. The molecule has 0 heterocycles. The zero-order chi connectivity index (χ0) is 25.8. The van der Waals surface area contributed by atoms with Crippen molar-refractivity contribution in [1.82, 2.24) is 4.90 Å². The topological polar surface area (TPSA) is 75.4 Å². The number of halogens is 4. The van der Waals surface area contributed by atoms with E-state index in [1.807, 2.05) is 0 Å². The van der Waals surface area contributed by atoms with E-state index in [9.17, 15) is 18.4 Å². The average Bonchev–Trinajstić information content (AvgIpc) is 2.84. The van der Waals surface area contributed by atoms with Crippen molar-refractivity contribution in [2.45, 2.75) is 44.3 Å². The predicted molar refractivity (Wildman–Crippen MR) is 137 cm³/mol. The van der Waals surface area contributed by atoms with Gasteiger partial charge in [0.15, 0.2) is 0 Å². The van der Waals surface area contributed by atoms with Crippen molar-refractivity contribution in [2.75, 3.05) is 5.32 Å². The molecule has 1 aliphatic carbocycles. The standard InChI is InChI=1S/C27H25Cl2F2N3O2/c28-19-3-1-2-16(10-19)26(35)33-23-6-9-25(29)18(13-23)15-34(24-7-4-22(32)5-8-24)27(36)17-11-20(30)14-21(31)12-17/h1-3,6,9-14,22,24H,4-5,7-8,15,32H2,(H,33,35). The van der Waals surface area contributed by atoms with Crippen LogP contribution in [0.15, 0.2) is 60.7 Å². The van der Waals surface area contributed by atoms with Gasteiger partial charge in [0.2, 0.25) is 0 Å². The van der Waals surface area contributed by atoms with Gasteiger partial charge in [0.25, 0.3) is 11.8 Å². The summed E-state index contributed by atoms with van der Waals surface area (Å²) in [5.74, 6) is -2.51. The van der Waals surface area contributed by atoms with Crippen LogP contribution in [-0.4, -0.2) is 28.8 Å². The molecule has 1 aliphatic rings. The second-order valence-corrected chi connectivity index (χ2v) is 9.77. The Hall–Kier alpha value is -3.00. The van der Waals surface area contributed by atoms with Gasteiger partial charge in [0.1, 0.15) is 11.6 Å². The molecule has 0 atom stereocenters. The Morgan fingerprint density at radius 2 is 1.61 bits per heavy atom. The van der Waals surface area contributed by atoms with Gasteiger partial charge in [-0.1, -0.05) is 29.3 Å². The summed E-state index contributed by atoms with van der Waals surface area (Å²) in [5.41, 5.74) is 7.43. The summed E-state index contributed by atoms with van der Waals surface area (Å²) < 4.78 is 27.8. The molecular formula is C27H25Cl2F2N3O2. The van der Waals surface area contributed by atoms with Crippen LogP contribution in [0.4, 0.5) is 14.5 Å². The fourth-order valence-corrected chi connectivity index (χ4v) is 4.78. The van der Waals surface area contributed by atoms with E-state index in [1.54, 1.807) is 47.4 Å². The lowest BCUT2D eigenvalue weighted by molar-refractivity contribution is 0.0605. The highest BCUT2D eigenvalue weighted by Crippen LogP contribution is 2.29. The minimum Gasteiger partial charge on any atom is -0.331 e. The highest BCUT2D eigenvalue weighted by Gasteiger charge is 2.29. The highest BCUT2D eigenvalue weighted by molar-refractivity contribution is 6.31. The van der Waals surface area contributed by atoms with Gasteiger partial charge in [0.05, 0.1) is 0 Å². The molecule has 4 rings (SSSR count). The largest absolute Gasteiger partial charge is 0.331 e. The van der Waals surface area contributed by atoms with Crippen LogP contribution in [0.3, 0.4) is 0 Å². The predicted octanol–water partition coefficient (Wildman–Crippen LogP) is 6.44. The van der Waals surface area contributed by atoms with E-state index in [1.165, 1.54) is 0 Å². The molecular weight excluding hydrogens is 507 g/mol.